The molecule has 5 nitrogen and oxygen atoms in total. The molecule has 0 radical (unpaired) electrons. The predicted molar refractivity (Wildman–Crippen MR) is 84.0 cm³/mol. The smallest absolute Gasteiger partial charge is 0.297 e. The summed E-state index contributed by atoms with van der Waals surface area (Å²) in [5.74, 6) is 10.0. The Morgan fingerprint density at radius 1 is 0.909 bits per heavy atom. The highest BCUT2D eigenvalue weighted by atomic mass is 31.1. The maximum absolute atomic E-state index is 11.7. The van der Waals surface area contributed by atoms with Crippen LogP contribution in [0, 0.1) is 35.5 Å². The van der Waals surface area contributed by atoms with Gasteiger partial charge in [0.15, 0.2) is 24.8 Å². The molecular formula is C16H22O5P+. The highest BCUT2D eigenvalue weighted by Crippen LogP contribution is 2.24. The third-order valence-electron chi connectivity index (χ3n) is 2.89. The van der Waals surface area contributed by atoms with Gasteiger partial charge >= 0.3 is 8.25 Å². The second-order valence-electron chi connectivity index (χ2n) is 4.77. The van der Waals surface area contributed by atoms with Crippen LogP contribution in [0.15, 0.2) is 0 Å². The average Bonchev–Trinajstić information content (AvgIpc) is 2.52. The minimum absolute atomic E-state index is 0.201. The number of carbonyl (C=O) groups excluding carboxylic acids is 2. The normalized spacial score (nSPS) is 13.0. The molecule has 0 aliphatic carbocycles. The lowest BCUT2D eigenvalue weighted by atomic mass is 10.0. The van der Waals surface area contributed by atoms with Crippen LogP contribution in [0.3, 0.4) is 0 Å². The molecule has 0 saturated heterocycles. The van der Waals surface area contributed by atoms with Gasteiger partial charge in [-0.25, -0.2) is 0 Å². The van der Waals surface area contributed by atoms with Crippen molar-refractivity contribution in [3.8, 4) is 23.7 Å². The third kappa shape index (κ3) is 9.42. The minimum atomic E-state index is -2.48. The van der Waals surface area contributed by atoms with Gasteiger partial charge in [0, 0.05) is 29.2 Å². The fourth-order valence-electron chi connectivity index (χ4n) is 1.29. The first kappa shape index (κ1) is 20.5. The number of rotatable bonds is 10. The third-order valence-corrected chi connectivity index (χ3v) is 3.57. The van der Waals surface area contributed by atoms with Crippen molar-refractivity contribution in [2.75, 3.05) is 13.2 Å². The van der Waals surface area contributed by atoms with Gasteiger partial charge in [0.05, 0.1) is 0 Å². The fourth-order valence-corrected chi connectivity index (χ4v) is 1.83. The molecule has 0 fully saturated rings. The minimum Gasteiger partial charge on any atom is -0.297 e. The van der Waals surface area contributed by atoms with Crippen LogP contribution >= 0.6 is 8.25 Å². The number of ketones is 2. The Balaban J connectivity index is 4.03. The van der Waals surface area contributed by atoms with Crippen molar-refractivity contribution in [1.82, 2.24) is 0 Å². The Bertz CT molecular complexity index is 472. The predicted octanol–water partition coefficient (Wildman–Crippen LogP) is 2.91. The second-order valence-corrected chi connectivity index (χ2v) is 5.73. The van der Waals surface area contributed by atoms with Crippen molar-refractivity contribution in [3.63, 3.8) is 0 Å². The SMILES string of the molecule is CC#CCC(C)C(=O)CO[P+](=O)OCC(=O)C(C)CC#CC. The molecule has 0 amide bonds. The summed E-state index contributed by atoms with van der Waals surface area (Å²) in [6.45, 7) is 6.22. The molecule has 2 unspecified atom stereocenters. The Kier molecular flexibility index (Phi) is 11.2. The van der Waals surface area contributed by atoms with Crippen molar-refractivity contribution >= 4 is 19.8 Å². The standard InChI is InChI=1S/C16H22O5P/c1-5-7-9-13(3)15(17)11-20-22(19)21-12-16(18)14(4)10-8-6-2/h13-14H,9-12H2,1-4H3/q+1. The summed E-state index contributed by atoms with van der Waals surface area (Å²) >= 11 is 0. The van der Waals surface area contributed by atoms with E-state index >= 15 is 0 Å². The zero-order valence-corrected chi connectivity index (χ0v) is 14.4. The summed E-state index contributed by atoms with van der Waals surface area (Å²) in [4.78, 5) is 23.3. The van der Waals surface area contributed by atoms with E-state index in [-0.39, 0.29) is 36.6 Å². The molecule has 0 aliphatic rings. The summed E-state index contributed by atoms with van der Waals surface area (Å²) in [5, 5.41) is 0. The first-order valence-electron chi connectivity index (χ1n) is 7.00. The number of hydrogen-bond donors (Lipinski definition) is 0. The summed E-state index contributed by atoms with van der Waals surface area (Å²) in [7, 11) is -2.48. The first-order valence-corrected chi connectivity index (χ1v) is 8.09. The van der Waals surface area contributed by atoms with E-state index in [1.807, 2.05) is 0 Å². The molecule has 0 spiro atoms. The van der Waals surface area contributed by atoms with Crippen LogP contribution < -0.4 is 0 Å². The summed E-state index contributed by atoms with van der Waals surface area (Å²) < 4.78 is 21.1. The maximum Gasteiger partial charge on any atom is 0.698 e. The summed E-state index contributed by atoms with van der Waals surface area (Å²) in [6, 6.07) is 0. The molecule has 120 valence electrons. The van der Waals surface area contributed by atoms with E-state index in [9.17, 15) is 14.2 Å². The van der Waals surface area contributed by atoms with Crippen LogP contribution in [0.25, 0.3) is 0 Å². The van der Waals surface area contributed by atoms with Crippen molar-refractivity contribution in [3.05, 3.63) is 0 Å². The van der Waals surface area contributed by atoms with Gasteiger partial charge in [-0.05, 0) is 13.8 Å². The highest BCUT2D eigenvalue weighted by Gasteiger charge is 2.26. The average molecular weight is 325 g/mol. The van der Waals surface area contributed by atoms with Gasteiger partial charge in [-0.3, -0.25) is 9.59 Å². The maximum atomic E-state index is 11.7. The van der Waals surface area contributed by atoms with Crippen LogP contribution in [0.4, 0.5) is 0 Å². The Hall–Kier alpha value is -1.52. The van der Waals surface area contributed by atoms with Gasteiger partial charge in [-0.15, -0.1) is 32.7 Å². The Morgan fingerprint density at radius 3 is 1.59 bits per heavy atom. The van der Waals surface area contributed by atoms with Gasteiger partial charge in [-0.1, -0.05) is 13.8 Å². The van der Waals surface area contributed by atoms with Gasteiger partial charge in [0.1, 0.15) is 0 Å². The van der Waals surface area contributed by atoms with Gasteiger partial charge in [0.2, 0.25) is 0 Å². The van der Waals surface area contributed by atoms with Crippen LogP contribution in [0.1, 0.15) is 40.5 Å². The molecule has 0 aromatic heterocycles. The van der Waals surface area contributed by atoms with E-state index < -0.39 is 8.25 Å². The van der Waals surface area contributed by atoms with E-state index in [1.54, 1.807) is 27.7 Å². The van der Waals surface area contributed by atoms with Gasteiger partial charge < -0.3 is 0 Å². The summed E-state index contributed by atoms with van der Waals surface area (Å²) in [6.07, 6.45) is 0.871. The van der Waals surface area contributed by atoms with E-state index in [0.29, 0.717) is 12.8 Å². The molecule has 0 saturated carbocycles. The molecule has 0 aromatic carbocycles. The van der Waals surface area contributed by atoms with E-state index in [4.69, 9.17) is 9.05 Å². The fraction of sp³-hybridized carbons (Fsp3) is 0.625. The molecule has 6 heteroatoms. The summed E-state index contributed by atoms with van der Waals surface area (Å²) in [5.41, 5.74) is 0. The molecule has 0 N–H and O–H groups in total. The lowest BCUT2D eigenvalue weighted by Crippen LogP contribution is -2.17. The number of carbonyl (C=O) groups is 2. The van der Waals surface area contributed by atoms with Gasteiger partial charge in [-0.2, -0.15) is 0 Å². The van der Waals surface area contributed by atoms with Crippen LogP contribution in [0.5, 0.6) is 0 Å². The second kappa shape index (κ2) is 12.1. The number of Topliss-reactive ketones (excluding diaryl/α,β-unsaturated/α-hetero) is 2. The Labute approximate surface area is 133 Å². The topological polar surface area (TPSA) is 69.7 Å². The molecule has 2 atom stereocenters. The van der Waals surface area contributed by atoms with Crippen LogP contribution in [-0.2, 0) is 23.2 Å². The molecular weight excluding hydrogens is 303 g/mol. The van der Waals surface area contributed by atoms with Crippen molar-refractivity contribution in [2.45, 2.75) is 40.5 Å². The highest BCUT2D eigenvalue weighted by molar-refractivity contribution is 7.33. The molecule has 0 aromatic rings. The van der Waals surface area contributed by atoms with Crippen molar-refractivity contribution < 1.29 is 23.2 Å². The van der Waals surface area contributed by atoms with E-state index in [0.717, 1.165) is 0 Å². The molecule has 0 rings (SSSR count). The molecule has 0 bridgehead atoms. The lowest BCUT2D eigenvalue weighted by molar-refractivity contribution is -0.124. The first-order chi connectivity index (χ1) is 10.4. The van der Waals surface area contributed by atoms with Crippen LogP contribution in [0.2, 0.25) is 0 Å². The monoisotopic (exact) mass is 325 g/mol. The molecule has 0 aliphatic heterocycles. The van der Waals surface area contributed by atoms with Crippen LogP contribution in [-0.4, -0.2) is 24.8 Å². The Morgan fingerprint density at radius 2 is 1.27 bits per heavy atom. The van der Waals surface area contributed by atoms with Gasteiger partial charge in [0.25, 0.3) is 0 Å². The molecule has 22 heavy (non-hydrogen) atoms. The largest absolute Gasteiger partial charge is 0.698 e. The van der Waals surface area contributed by atoms with Crippen molar-refractivity contribution in [2.24, 2.45) is 11.8 Å². The zero-order valence-electron chi connectivity index (χ0n) is 13.5. The zero-order chi connectivity index (χ0) is 17.0. The lowest BCUT2D eigenvalue weighted by Gasteiger charge is -2.03. The molecule has 0 heterocycles. The quantitative estimate of drug-likeness (QED) is 0.456. The van der Waals surface area contributed by atoms with Crippen molar-refractivity contribution in [1.29, 1.82) is 0 Å². The van der Waals surface area contributed by atoms with E-state index in [1.165, 1.54) is 0 Å². The van der Waals surface area contributed by atoms with E-state index in [2.05, 4.69) is 23.7 Å². The number of hydrogen-bond acceptors (Lipinski definition) is 5.